The van der Waals surface area contributed by atoms with Gasteiger partial charge in [0, 0.05) is 29.2 Å². The molecule has 1 heterocycles. The molecule has 5 aliphatic rings. The predicted molar refractivity (Wildman–Crippen MR) is 133 cm³/mol. The van der Waals surface area contributed by atoms with Gasteiger partial charge in [0.25, 0.3) is 0 Å². The third kappa shape index (κ3) is 3.09. The van der Waals surface area contributed by atoms with Gasteiger partial charge in [-0.25, -0.2) is 0 Å². The quantitative estimate of drug-likeness (QED) is 0.497. The Bertz CT molecular complexity index is 947. The van der Waals surface area contributed by atoms with Crippen molar-refractivity contribution in [2.45, 2.75) is 118 Å². The molecule has 1 N–H and O–H groups in total. The highest BCUT2D eigenvalue weighted by atomic mass is 16.6. The number of fused-ring (bicyclic) bond motifs is 4. The van der Waals surface area contributed by atoms with Crippen molar-refractivity contribution in [3.8, 4) is 0 Å². The van der Waals surface area contributed by atoms with Crippen LogP contribution in [0, 0.1) is 39.4 Å². The molecule has 0 aromatic carbocycles. The maximum absolute atomic E-state index is 13.9. The van der Waals surface area contributed by atoms with Crippen LogP contribution in [0.1, 0.15) is 106 Å². The lowest BCUT2D eigenvalue weighted by atomic mass is 9.43. The Morgan fingerprint density at radius 3 is 2.38 bits per heavy atom. The highest BCUT2D eigenvalue weighted by molar-refractivity contribution is 6.00. The molecule has 1 aliphatic heterocycles. The van der Waals surface area contributed by atoms with E-state index >= 15 is 0 Å². The van der Waals surface area contributed by atoms with E-state index in [1.165, 1.54) is 17.6 Å². The van der Waals surface area contributed by atoms with Crippen molar-refractivity contribution in [3.05, 3.63) is 11.1 Å². The molecule has 4 nitrogen and oxygen atoms in total. The summed E-state index contributed by atoms with van der Waals surface area (Å²) in [5.41, 5.74) is 1.91. The number of aliphatic hydroxyl groups excluding tert-OH is 1. The van der Waals surface area contributed by atoms with Gasteiger partial charge in [-0.15, -0.1) is 0 Å². The van der Waals surface area contributed by atoms with Gasteiger partial charge in [0.15, 0.2) is 5.78 Å². The number of ketones is 2. The monoisotopic (exact) mass is 470 g/mol. The van der Waals surface area contributed by atoms with Crippen LogP contribution in [0.3, 0.4) is 0 Å². The summed E-state index contributed by atoms with van der Waals surface area (Å²) in [7, 11) is 0. The van der Waals surface area contributed by atoms with Crippen molar-refractivity contribution in [2.75, 3.05) is 6.61 Å². The summed E-state index contributed by atoms with van der Waals surface area (Å²) >= 11 is 0. The van der Waals surface area contributed by atoms with Crippen LogP contribution in [0.2, 0.25) is 0 Å². The summed E-state index contributed by atoms with van der Waals surface area (Å²) in [5.74, 6) is 2.00. The standard InChI is InChI=1S/C30H46O4/c1-18(8-9-24-30(7,17-31)34-24)19-10-15-29(6)25-20(11-14-28(19,29)5)27(4)13-12-23(33)26(2,3)22(27)16-21(25)32/h18-19,22,24,31H,8-17H2,1-7H3/t18-,19-,22+,24-,27-,28-,29+,30-/m1/s1. The molecule has 0 aromatic heterocycles. The van der Waals surface area contributed by atoms with Crippen LogP contribution < -0.4 is 0 Å². The Morgan fingerprint density at radius 2 is 1.74 bits per heavy atom. The Labute approximate surface area is 206 Å². The molecule has 190 valence electrons. The summed E-state index contributed by atoms with van der Waals surface area (Å²) in [6, 6.07) is 0. The zero-order valence-corrected chi connectivity index (χ0v) is 22.6. The number of ether oxygens (including phenoxy) is 1. The average molecular weight is 471 g/mol. The molecule has 0 amide bonds. The van der Waals surface area contributed by atoms with Crippen LogP contribution in [0.25, 0.3) is 0 Å². The molecule has 0 aromatic rings. The lowest BCUT2D eigenvalue weighted by Crippen LogP contribution is -2.56. The molecule has 34 heavy (non-hydrogen) atoms. The van der Waals surface area contributed by atoms with Gasteiger partial charge < -0.3 is 9.84 Å². The van der Waals surface area contributed by atoms with Crippen molar-refractivity contribution < 1.29 is 19.4 Å². The maximum atomic E-state index is 13.9. The molecule has 4 aliphatic carbocycles. The molecule has 0 spiro atoms. The van der Waals surface area contributed by atoms with Crippen LogP contribution in [-0.4, -0.2) is 35.0 Å². The minimum atomic E-state index is -0.413. The van der Waals surface area contributed by atoms with Crippen LogP contribution in [-0.2, 0) is 14.3 Å². The lowest BCUT2D eigenvalue weighted by molar-refractivity contribution is -0.142. The van der Waals surface area contributed by atoms with E-state index in [4.69, 9.17) is 4.74 Å². The molecule has 0 unspecified atom stereocenters. The second-order valence-corrected chi connectivity index (χ2v) is 14.1. The van der Waals surface area contributed by atoms with Crippen molar-refractivity contribution in [1.82, 2.24) is 0 Å². The molecule has 0 bridgehead atoms. The Balaban J connectivity index is 1.44. The number of hydrogen-bond acceptors (Lipinski definition) is 4. The number of aliphatic hydroxyl groups is 1. The van der Waals surface area contributed by atoms with Crippen LogP contribution in [0.4, 0.5) is 0 Å². The van der Waals surface area contributed by atoms with Crippen molar-refractivity contribution in [3.63, 3.8) is 0 Å². The number of rotatable bonds is 5. The van der Waals surface area contributed by atoms with E-state index in [-0.39, 0.29) is 40.5 Å². The smallest absolute Gasteiger partial charge is 0.159 e. The molecule has 1 saturated heterocycles. The number of allylic oxidation sites excluding steroid dienone is 2. The minimum Gasteiger partial charge on any atom is -0.393 e. The SMILES string of the molecule is C[C@H](CC[C@H]1O[C@]1(C)CO)[C@H]1CC[C@@]2(C)C3=C(CC[C@]12C)[C@@]1(C)CCC(=O)C(C)(C)[C@@H]1CC3=O. The fourth-order valence-corrected chi connectivity index (χ4v) is 9.53. The molecule has 5 rings (SSSR count). The lowest BCUT2D eigenvalue weighted by Gasteiger charge is -2.60. The predicted octanol–water partition coefficient (Wildman–Crippen LogP) is 6.05. The molecule has 4 heteroatoms. The first-order valence-electron chi connectivity index (χ1n) is 13.8. The summed E-state index contributed by atoms with van der Waals surface area (Å²) < 4.78 is 5.76. The Morgan fingerprint density at radius 1 is 1.03 bits per heavy atom. The summed E-state index contributed by atoms with van der Waals surface area (Å²) in [5, 5.41) is 9.55. The average Bonchev–Trinajstić information content (AvgIpc) is 3.35. The highest BCUT2D eigenvalue weighted by Crippen LogP contribution is 2.71. The van der Waals surface area contributed by atoms with Crippen LogP contribution in [0.5, 0.6) is 0 Å². The zero-order valence-electron chi connectivity index (χ0n) is 22.6. The van der Waals surface area contributed by atoms with Gasteiger partial charge in [0.05, 0.1) is 12.7 Å². The minimum absolute atomic E-state index is 0.0211. The Kier molecular flexibility index (Phi) is 5.45. The summed E-state index contributed by atoms with van der Waals surface area (Å²) in [4.78, 5) is 26.7. The van der Waals surface area contributed by atoms with Crippen LogP contribution in [0.15, 0.2) is 11.1 Å². The first-order chi connectivity index (χ1) is 15.7. The van der Waals surface area contributed by atoms with Gasteiger partial charge in [-0.05, 0) is 80.5 Å². The fourth-order valence-electron chi connectivity index (χ4n) is 9.53. The second-order valence-electron chi connectivity index (χ2n) is 14.1. The second kappa shape index (κ2) is 7.51. The number of hydrogen-bond donors (Lipinski definition) is 1. The Hall–Kier alpha value is -1.00. The number of Topliss-reactive ketones (excluding diaryl/α,β-unsaturated/α-hetero) is 2. The topological polar surface area (TPSA) is 66.9 Å². The third-order valence-corrected chi connectivity index (χ3v) is 12.3. The third-order valence-electron chi connectivity index (χ3n) is 12.3. The van der Waals surface area contributed by atoms with Gasteiger partial charge >= 0.3 is 0 Å². The largest absolute Gasteiger partial charge is 0.393 e. The van der Waals surface area contributed by atoms with Gasteiger partial charge in [-0.2, -0.15) is 0 Å². The van der Waals surface area contributed by atoms with E-state index in [0.717, 1.165) is 38.5 Å². The summed E-state index contributed by atoms with van der Waals surface area (Å²) in [6.07, 6.45) is 8.86. The molecule has 2 saturated carbocycles. The van der Waals surface area contributed by atoms with Gasteiger partial charge in [0.1, 0.15) is 11.4 Å². The normalized spacial score (nSPS) is 48.3. The van der Waals surface area contributed by atoms with Crippen molar-refractivity contribution in [2.24, 2.45) is 39.4 Å². The zero-order chi connectivity index (χ0) is 24.9. The van der Waals surface area contributed by atoms with Gasteiger partial charge in [0.2, 0.25) is 0 Å². The van der Waals surface area contributed by atoms with Crippen molar-refractivity contribution >= 4 is 11.6 Å². The van der Waals surface area contributed by atoms with Crippen molar-refractivity contribution in [1.29, 1.82) is 0 Å². The van der Waals surface area contributed by atoms with E-state index in [9.17, 15) is 14.7 Å². The van der Waals surface area contributed by atoms with E-state index in [2.05, 4.69) is 41.5 Å². The molecule has 3 fully saturated rings. The van der Waals surface area contributed by atoms with E-state index < -0.39 is 5.41 Å². The molecule has 8 atom stereocenters. The van der Waals surface area contributed by atoms with E-state index in [1.807, 2.05) is 6.92 Å². The van der Waals surface area contributed by atoms with Crippen LogP contribution >= 0.6 is 0 Å². The highest BCUT2D eigenvalue weighted by Gasteiger charge is 2.65. The summed E-state index contributed by atoms with van der Waals surface area (Å²) in [6.45, 7) is 15.9. The maximum Gasteiger partial charge on any atom is 0.159 e. The number of carbonyl (C=O) groups excluding carboxylic acids is 2. The van der Waals surface area contributed by atoms with E-state index in [1.54, 1.807) is 0 Å². The number of carbonyl (C=O) groups is 2. The molecular weight excluding hydrogens is 424 g/mol. The molecule has 0 radical (unpaired) electrons. The van der Waals surface area contributed by atoms with E-state index in [0.29, 0.717) is 36.2 Å². The molecular formula is C30H46O4. The fraction of sp³-hybridized carbons (Fsp3) is 0.867. The van der Waals surface area contributed by atoms with Gasteiger partial charge in [-0.3, -0.25) is 9.59 Å². The number of epoxide rings is 1. The first-order valence-corrected chi connectivity index (χ1v) is 13.8. The van der Waals surface area contributed by atoms with Gasteiger partial charge in [-0.1, -0.05) is 47.1 Å². The first kappa shape index (κ1) is 24.7.